The molecular weight excluding hydrogens is 267 g/mol. The Morgan fingerprint density at radius 3 is 2.62 bits per heavy atom. The molecule has 16 heavy (non-hydrogen) atoms. The lowest BCUT2D eigenvalue weighted by atomic mass is 10.3. The Hall–Kier alpha value is -1.35. The van der Waals surface area contributed by atoms with E-state index in [4.69, 9.17) is 34.2 Å². The lowest BCUT2D eigenvalue weighted by molar-refractivity contribution is 1.34. The second-order valence-electron chi connectivity index (χ2n) is 2.68. The van der Waals surface area contributed by atoms with E-state index in [1.165, 1.54) is 0 Å². The van der Waals surface area contributed by atoms with Crippen LogP contribution < -0.4 is 11.2 Å². The maximum absolute atomic E-state index is 8.64. The Labute approximate surface area is 108 Å². The van der Waals surface area contributed by atoms with E-state index in [0.717, 1.165) is 0 Å². The Morgan fingerprint density at radius 2 is 2.12 bits per heavy atom. The van der Waals surface area contributed by atoms with E-state index in [9.17, 15) is 0 Å². The highest BCUT2D eigenvalue weighted by molar-refractivity contribution is 7.82. The van der Waals surface area contributed by atoms with Gasteiger partial charge in [-0.25, -0.2) is 0 Å². The zero-order valence-corrected chi connectivity index (χ0v) is 10.2. The average molecular weight is 273 g/mol. The number of hydrogen-bond acceptors (Lipinski definition) is 4. The third-order valence-electron chi connectivity index (χ3n) is 1.56. The molecule has 82 valence electrons. The summed E-state index contributed by atoms with van der Waals surface area (Å²) in [5, 5.41) is 13.2. The van der Waals surface area contributed by atoms with Crippen molar-refractivity contribution in [1.82, 2.24) is 0 Å². The van der Waals surface area contributed by atoms with Crippen LogP contribution in [0.3, 0.4) is 0 Å². The molecule has 1 rings (SSSR count). The number of nitriles is 1. The lowest BCUT2D eigenvalue weighted by Crippen LogP contribution is -2.20. The van der Waals surface area contributed by atoms with Crippen molar-refractivity contribution in [3.05, 3.63) is 28.2 Å². The van der Waals surface area contributed by atoms with Crippen LogP contribution >= 0.6 is 35.4 Å². The van der Waals surface area contributed by atoms with Crippen molar-refractivity contribution in [1.29, 1.82) is 5.26 Å². The monoisotopic (exact) mass is 272 g/mol. The maximum atomic E-state index is 8.64. The van der Waals surface area contributed by atoms with Gasteiger partial charge in [0, 0.05) is 0 Å². The van der Waals surface area contributed by atoms with Gasteiger partial charge >= 0.3 is 0 Å². The third-order valence-corrected chi connectivity index (χ3v) is 2.49. The van der Waals surface area contributed by atoms with Gasteiger partial charge in [-0.3, -0.25) is 5.43 Å². The summed E-state index contributed by atoms with van der Waals surface area (Å²) in [5.41, 5.74) is 8.38. The molecule has 7 heteroatoms. The van der Waals surface area contributed by atoms with Crippen LogP contribution in [0.5, 0.6) is 0 Å². The van der Waals surface area contributed by atoms with Crippen molar-refractivity contribution in [3.8, 4) is 6.07 Å². The smallest absolute Gasteiger partial charge is 0.194 e. The van der Waals surface area contributed by atoms with Crippen molar-refractivity contribution in [2.45, 2.75) is 0 Å². The summed E-state index contributed by atoms with van der Waals surface area (Å²) in [7, 11) is 0. The Bertz CT molecular complexity index is 493. The van der Waals surface area contributed by atoms with Crippen LogP contribution in [0.15, 0.2) is 23.3 Å². The first-order valence-electron chi connectivity index (χ1n) is 4.03. The molecule has 4 nitrogen and oxygen atoms in total. The molecule has 0 radical (unpaired) electrons. The quantitative estimate of drug-likeness (QED) is 0.504. The number of nitrogens with two attached hydrogens (primary N) is 1. The number of benzene rings is 1. The zero-order valence-electron chi connectivity index (χ0n) is 7.87. The van der Waals surface area contributed by atoms with Gasteiger partial charge in [0.1, 0.15) is 11.1 Å². The fraction of sp³-hybridized carbons (Fsp3) is 0. The number of anilines is 1. The van der Waals surface area contributed by atoms with Gasteiger partial charge in [-0.1, -0.05) is 35.4 Å². The molecule has 0 aliphatic heterocycles. The van der Waals surface area contributed by atoms with Gasteiger partial charge in [0.15, 0.2) is 5.71 Å². The molecule has 0 saturated carbocycles. The zero-order chi connectivity index (χ0) is 12.1. The highest BCUT2D eigenvalue weighted by Gasteiger charge is 2.02. The van der Waals surface area contributed by atoms with Crippen molar-refractivity contribution in [3.63, 3.8) is 0 Å². The van der Waals surface area contributed by atoms with Gasteiger partial charge in [0.25, 0.3) is 0 Å². The van der Waals surface area contributed by atoms with Crippen LogP contribution in [-0.2, 0) is 0 Å². The summed E-state index contributed by atoms with van der Waals surface area (Å²) in [6.07, 6.45) is 0. The van der Waals surface area contributed by atoms with Crippen LogP contribution in [0.25, 0.3) is 0 Å². The molecule has 0 fully saturated rings. The fourth-order valence-electron chi connectivity index (χ4n) is 0.821. The number of rotatable bonds is 3. The van der Waals surface area contributed by atoms with Crippen molar-refractivity contribution < 1.29 is 0 Å². The van der Waals surface area contributed by atoms with Crippen LogP contribution in [0.1, 0.15) is 0 Å². The van der Waals surface area contributed by atoms with Crippen molar-refractivity contribution in [2.75, 3.05) is 5.43 Å². The summed E-state index contributed by atoms with van der Waals surface area (Å²) in [5.74, 6) is 0. The average Bonchev–Trinajstić information content (AvgIpc) is 2.23. The minimum atomic E-state index is -0.0740. The highest BCUT2D eigenvalue weighted by Crippen LogP contribution is 2.24. The molecular formula is C9H6Cl2N4S. The molecule has 0 saturated heterocycles. The van der Waals surface area contributed by atoms with E-state index in [2.05, 4.69) is 22.7 Å². The van der Waals surface area contributed by atoms with Crippen LogP contribution in [0.4, 0.5) is 5.69 Å². The van der Waals surface area contributed by atoms with Crippen molar-refractivity contribution >= 4 is 51.8 Å². The second-order valence-corrected chi connectivity index (χ2v) is 3.93. The topological polar surface area (TPSA) is 74.2 Å². The van der Waals surface area contributed by atoms with E-state index in [0.29, 0.717) is 15.7 Å². The van der Waals surface area contributed by atoms with E-state index >= 15 is 0 Å². The first-order valence-corrected chi connectivity index (χ1v) is 5.19. The second kappa shape index (κ2) is 5.66. The molecule has 0 unspecified atom stereocenters. The third kappa shape index (κ3) is 3.35. The minimum Gasteiger partial charge on any atom is -0.387 e. The summed E-state index contributed by atoms with van der Waals surface area (Å²) >= 11 is 16.1. The summed E-state index contributed by atoms with van der Waals surface area (Å²) in [6.45, 7) is 0. The molecule has 0 aliphatic rings. The van der Waals surface area contributed by atoms with Gasteiger partial charge in [0.2, 0.25) is 0 Å². The van der Waals surface area contributed by atoms with Crippen LogP contribution in [-0.4, -0.2) is 10.7 Å². The van der Waals surface area contributed by atoms with Gasteiger partial charge in [-0.15, -0.1) is 0 Å². The summed E-state index contributed by atoms with van der Waals surface area (Å²) in [4.78, 5) is -0.0740. The molecule has 1 aromatic rings. The Balaban J connectivity index is 2.86. The van der Waals surface area contributed by atoms with E-state index < -0.39 is 0 Å². The van der Waals surface area contributed by atoms with Gasteiger partial charge < -0.3 is 5.73 Å². The largest absolute Gasteiger partial charge is 0.387 e. The molecule has 0 amide bonds. The molecule has 0 heterocycles. The predicted molar refractivity (Wildman–Crippen MR) is 69.9 cm³/mol. The molecule has 0 bridgehead atoms. The molecule has 1 aromatic carbocycles. The molecule has 3 N–H and O–H groups in total. The number of hydrazone groups is 1. The number of hydrogen-bond donors (Lipinski definition) is 2. The minimum absolute atomic E-state index is 0.0546. The molecule has 0 atom stereocenters. The van der Waals surface area contributed by atoms with Gasteiger partial charge in [-0.2, -0.15) is 10.4 Å². The van der Waals surface area contributed by atoms with Gasteiger partial charge in [-0.05, 0) is 18.2 Å². The normalized spacial score (nSPS) is 10.7. The van der Waals surface area contributed by atoms with E-state index in [1.54, 1.807) is 24.3 Å². The van der Waals surface area contributed by atoms with Gasteiger partial charge in [0.05, 0.1) is 15.7 Å². The number of thiocarbonyl (C=S) groups is 1. The number of nitrogens with zero attached hydrogens (tertiary/aromatic N) is 2. The molecule has 0 aliphatic carbocycles. The number of halogens is 2. The standard InChI is InChI=1S/C9H6Cl2N4S/c10-6-2-1-5(3-7(6)11)14-15-8(4-12)9(13)16/h1-3,14H,(H2,13,16). The Morgan fingerprint density at radius 1 is 1.44 bits per heavy atom. The predicted octanol–water partition coefficient (Wildman–Crippen LogP) is 2.57. The highest BCUT2D eigenvalue weighted by atomic mass is 35.5. The first kappa shape index (κ1) is 12.7. The van der Waals surface area contributed by atoms with E-state index in [-0.39, 0.29) is 10.7 Å². The number of nitrogens with one attached hydrogen (secondary N) is 1. The SMILES string of the molecule is N#CC(=NNc1ccc(Cl)c(Cl)c1)C(N)=S. The summed E-state index contributed by atoms with van der Waals surface area (Å²) < 4.78 is 0. The van der Waals surface area contributed by atoms with Crippen molar-refractivity contribution in [2.24, 2.45) is 10.8 Å². The summed E-state index contributed by atoms with van der Waals surface area (Å²) in [6, 6.07) is 6.60. The van der Waals surface area contributed by atoms with Crippen LogP contribution in [0.2, 0.25) is 10.0 Å². The Kier molecular flexibility index (Phi) is 4.50. The fourth-order valence-corrected chi connectivity index (χ4v) is 1.21. The van der Waals surface area contributed by atoms with Crippen LogP contribution in [0, 0.1) is 11.3 Å². The van der Waals surface area contributed by atoms with E-state index in [1.807, 2.05) is 0 Å². The molecule has 0 aromatic heterocycles. The lowest BCUT2D eigenvalue weighted by Gasteiger charge is -2.02. The molecule has 0 spiro atoms. The first-order chi connectivity index (χ1) is 7.54. The maximum Gasteiger partial charge on any atom is 0.194 e.